The molecule has 1 aliphatic rings. The Morgan fingerprint density at radius 2 is 1.54 bits per heavy atom. The van der Waals surface area contributed by atoms with Gasteiger partial charge in [-0.05, 0) is 69.4 Å². The Morgan fingerprint density at radius 3 is 2.11 bits per heavy atom. The number of sulfonamides is 1. The molecule has 0 aliphatic carbocycles. The largest absolute Gasteiger partial charge is 0.339 e. The van der Waals surface area contributed by atoms with Gasteiger partial charge in [0.25, 0.3) is 15.9 Å². The molecule has 1 saturated heterocycles. The molecule has 3 rings (SSSR count). The van der Waals surface area contributed by atoms with Gasteiger partial charge >= 0.3 is 0 Å². The van der Waals surface area contributed by atoms with Crippen LogP contribution in [0.15, 0.2) is 59.5 Å². The van der Waals surface area contributed by atoms with Crippen LogP contribution in [-0.4, -0.2) is 64.4 Å². The minimum Gasteiger partial charge on any atom is -0.339 e. The summed E-state index contributed by atoms with van der Waals surface area (Å²) in [6.07, 6.45) is 1.90. The number of piperidine rings is 1. The van der Waals surface area contributed by atoms with Crippen molar-refractivity contribution in [3.8, 4) is 0 Å². The molecule has 2 aromatic rings. The number of hydrogen-bond donors (Lipinski definition) is 0. The van der Waals surface area contributed by atoms with Gasteiger partial charge in [-0.2, -0.15) is 0 Å². The standard InChI is InChI=1S/C21H27N3O3S/c1-22-15-13-18(14-16-22)23(2)21(25)17-9-11-20(12-10-17)28(26,27)24(3)19-7-5-4-6-8-19/h4-12,18H,13-16H2,1-3H3. The highest BCUT2D eigenvalue weighted by Gasteiger charge is 2.26. The smallest absolute Gasteiger partial charge is 0.264 e. The van der Waals surface area contributed by atoms with Gasteiger partial charge in [-0.1, -0.05) is 18.2 Å². The Hall–Kier alpha value is -2.38. The van der Waals surface area contributed by atoms with Gasteiger partial charge in [0.05, 0.1) is 10.6 Å². The molecule has 1 fully saturated rings. The van der Waals surface area contributed by atoms with E-state index in [9.17, 15) is 13.2 Å². The monoisotopic (exact) mass is 401 g/mol. The van der Waals surface area contributed by atoms with Crippen LogP contribution in [0.5, 0.6) is 0 Å². The molecule has 2 aromatic carbocycles. The summed E-state index contributed by atoms with van der Waals surface area (Å²) in [5.74, 6) is -0.0742. The summed E-state index contributed by atoms with van der Waals surface area (Å²) in [5, 5.41) is 0. The topological polar surface area (TPSA) is 60.9 Å². The van der Waals surface area contributed by atoms with Crippen molar-refractivity contribution in [2.45, 2.75) is 23.8 Å². The molecule has 0 aromatic heterocycles. The van der Waals surface area contributed by atoms with Crippen LogP contribution in [0.2, 0.25) is 0 Å². The van der Waals surface area contributed by atoms with Crippen LogP contribution in [0, 0.1) is 0 Å². The molecule has 0 saturated carbocycles. The van der Waals surface area contributed by atoms with Crippen LogP contribution in [0.1, 0.15) is 23.2 Å². The first-order valence-corrected chi connectivity index (χ1v) is 10.8. The zero-order valence-corrected chi connectivity index (χ0v) is 17.4. The molecule has 0 unspecified atom stereocenters. The fourth-order valence-corrected chi connectivity index (χ4v) is 4.65. The molecule has 0 bridgehead atoms. The molecule has 0 atom stereocenters. The highest BCUT2D eigenvalue weighted by atomic mass is 32.2. The predicted octanol–water partition coefficient (Wildman–Crippen LogP) is 2.68. The van der Waals surface area contributed by atoms with Crippen molar-refractivity contribution in [2.75, 3.05) is 38.5 Å². The van der Waals surface area contributed by atoms with Gasteiger partial charge in [0.15, 0.2) is 0 Å². The lowest BCUT2D eigenvalue weighted by Gasteiger charge is -2.35. The number of anilines is 1. The summed E-state index contributed by atoms with van der Waals surface area (Å²) in [6, 6.07) is 15.3. The molecule has 1 heterocycles. The fraction of sp³-hybridized carbons (Fsp3) is 0.381. The number of likely N-dealkylation sites (tertiary alicyclic amines) is 1. The number of nitrogens with zero attached hydrogens (tertiary/aromatic N) is 3. The minimum absolute atomic E-state index is 0.0742. The summed E-state index contributed by atoms with van der Waals surface area (Å²) >= 11 is 0. The van der Waals surface area contributed by atoms with E-state index < -0.39 is 10.0 Å². The lowest BCUT2D eigenvalue weighted by molar-refractivity contribution is 0.0659. The van der Waals surface area contributed by atoms with Crippen molar-refractivity contribution in [3.63, 3.8) is 0 Å². The first kappa shape index (κ1) is 20.4. The van der Waals surface area contributed by atoms with E-state index >= 15 is 0 Å². The number of carbonyl (C=O) groups is 1. The van der Waals surface area contributed by atoms with Gasteiger partial charge in [0.1, 0.15) is 0 Å². The zero-order valence-electron chi connectivity index (χ0n) is 16.6. The number of rotatable bonds is 5. The number of amides is 1. The zero-order chi connectivity index (χ0) is 20.3. The van der Waals surface area contributed by atoms with Gasteiger partial charge in [0, 0.05) is 25.7 Å². The predicted molar refractivity (Wildman–Crippen MR) is 111 cm³/mol. The van der Waals surface area contributed by atoms with E-state index in [1.807, 2.05) is 13.1 Å². The van der Waals surface area contributed by atoms with Crippen LogP contribution in [0.3, 0.4) is 0 Å². The maximum Gasteiger partial charge on any atom is 0.264 e. The number of para-hydroxylation sites is 1. The van der Waals surface area contributed by atoms with Gasteiger partial charge in [-0.15, -0.1) is 0 Å². The summed E-state index contributed by atoms with van der Waals surface area (Å²) < 4.78 is 26.9. The van der Waals surface area contributed by atoms with E-state index in [1.165, 1.54) is 23.5 Å². The van der Waals surface area contributed by atoms with Crippen LogP contribution in [-0.2, 0) is 10.0 Å². The Bertz CT molecular complexity index is 906. The molecule has 1 aliphatic heterocycles. The number of carbonyl (C=O) groups excluding carboxylic acids is 1. The maximum atomic E-state index is 12.9. The molecule has 150 valence electrons. The van der Waals surface area contributed by atoms with Crippen LogP contribution in [0.25, 0.3) is 0 Å². The Balaban J connectivity index is 1.74. The van der Waals surface area contributed by atoms with Crippen molar-refractivity contribution in [1.29, 1.82) is 0 Å². The second kappa shape index (κ2) is 8.32. The molecular weight excluding hydrogens is 374 g/mol. The van der Waals surface area contributed by atoms with Crippen LogP contribution in [0.4, 0.5) is 5.69 Å². The summed E-state index contributed by atoms with van der Waals surface area (Å²) in [4.78, 5) is 17.0. The van der Waals surface area contributed by atoms with Crippen molar-refractivity contribution in [3.05, 3.63) is 60.2 Å². The Kier molecular flexibility index (Phi) is 6.05. The molecule has 28 heavy (non-hydrogen) atoms. The van der Waals surface area contributed by atoms with E-state index in [-0.39, 0.29) is 16.8 Å². The molecule has 7 heteroatoms. The van der Waals surface area contributed by atoms with Gasteiger partial charge < -0.3 is 9.80 Å². The van der Waals surface area contributed by atoms with E-state index in [0.29, 0.717) is 11.3 Å². The molecular formula is C21H27N3O3S. The van der Waals surface area contributed by atoms with Crippen molar-refractivity contribution >= 4 is 21.6 Å². The third kappa shape index (κ3) is 4.20. The number of benzene rings is 2. The van der Waals surface area contributed by atoms with Crippen LogP contribution < -0.4 is 4.31 Å². The number of hydrogen-bond acceptors (Lipinski definition) is 4. The molecule has 1 amide bonds. The second-order valence-electron chi connectivity index (χ2n) is 7.28. The van der Waals surface area contributed by atoms with E-state index in [2.05, 4.69) is 11.9 Å². The molecule has 6 nitrogen and oxygen atoms in total. The van der Waals surface area contributed by atoms with Gasteiger partial charge in [0.2, 0.25) is 0 Å². The average Bonchev–Trinajstić information content (AvgIpc) is 2.73. The van der Waals surface area contributed by atoms with E-state index in [4.69, 9.17) is 0 Å². The fourth-order valence-electron chi connectivity index (χ4n) is 3.46. The Labute approximate surface area is 167 Å². The van der Waals surface area contributed by atoms with Crippen LogP contribution >= 0.6 is 0 Å². The highest BCUT2D eigenvalue weighted by Crippen LogP contribution is 2.23. The van der Waals surface area contributed by atoms with E-state index in [0.717, 1.165) is 25.9 Å². The summed E-state index contributed by atoms with van der Waals surface area (Å²) in [5.41, 5.74) is 1.09. The third-order valence-electron chi connectivity index (χ3n) is 5.44. The third-order valence-corrected chi connectivity index (χ3v) is 7.24. The second-order valence-corrected chi connectivity index (χ2v) is 9.25. The maximum absolute atomic E-state index is 12.9. The minimum atomic E-state index is -3.68. The molecule has 0 N–H and O–H groups in total. The van der Waals surface area contributed by atoms with Crippen molar-refractivity contribution < 1.29 is 13.2 Å². The SMILES string of the molecule is CN1CCC(N(C)C(=O)c2ccc(S(=O)(=O)N(C)c3ccccc3)cc2)CC1. The summed E-state index contributed by atoms with van der Waals surface area (Å²) in [7, 11) is 1.76. The highest BCUT2D eigenvalue weighted by molar-refractivity contribution is 7.92. The van der Waals surface area contributed by atoms with Crippen molar-refractivity contribution in [1.82, 2.24) is 9.80 Å². The summed E-state index contributed by atoms with van der Waals surface area (Å²) in [6.45, 7) is 1.95. The molecule has 0 radical (unpaired) electrons. The van der Waals surface area contributed by atoms with Gasteiger partial charge in [-0.3, -0.25) is 9.10 Å². The first-order valence-electron chi connectivity index (χ1n) is 9.40. The van der Waals surface area contributed by atoms with Gasteiger partial charge in [-0.25, -0.2) is 8.42 Å². The van der Waals surface area contributed by atoms with Crippen molar-refractivity contribution in [2.24, 2.45) is 0 Å². The first-order chi connectivity index (χ1) is 13.3. The lowest BCUT2D eigenvalue weighted by atomic mass is 10.0. The quantitative estimate of drug-likeness (QED) is 0.773. The normalized spacial score (nSPS) is 16.0. The van der Waals surface area contributed by atoms with E-state index in [1.54, 1.807) is 41.3 Å². The Morgan fingerprint density at radius 1 is 0.964 bits per heavy atom. The molecule has 0 spiro atoms. The average molecular weight is 402 g/mol. The lowest BCUT2D eigenvalue weighted by Crippen LogP contribution is -2.44.